The van der Waals surface area contributed by atoms with Crippen LogP contribution in [0.1, 0.15) is 40.5 Å². The number of rotatable bonds is 4. The van der Waals surface area contributed by atoms with Gasteiger partial charge in [-0.25, -0.2) is 4.68 Å². The third kappa shape index (κ3) is 3.26. The van der Waals surface area contributed by atoms with Crippen molar-refractivity contribution in [3.05, 3.63) is 83.9 Å². The molecule has 0 saturated carbocycles. The maximum Gasteiger partial charge on any atom is 0.256 e. The van der Waals surface area contributed by atoms with Gasteiger partial charge in [-0.05, 0) is 44.0 Å². The predicted octanol–water partition coefficient (Wildman–Crippen LogP) is 3.13. The largest absolute Gasteiger partial charge is 0.330 e. The van der Waals surface area contributed by atoms with Gasteiger partial charge in [0.25, 0.3) is 5.91 Å². The molecule has 8 heteroatoms. The molecule has 0 radical (unpaired) electrons. The van der Waals surface area contributed by atoms with Gasteiger partial charge in [0.1, 0.15) is 5.69 Å². The Labute approximate surface area is 173 Å². The fourth-order valence-corrected chi connectivity index (χ4v) is 3.94. The number of likely N-dealkylation sites (tertiary alicyclic amines) is 1. The van der Waals surface area contributed by atoms with E-state index in [2.05, 4.69) is 20.5 Å². The highest BCUT2D eigenvalue weighted by Gasteiger charge is 2.34. The first kappa shape index (κ1) is 18.2. The summed E-state index contributed by atoms with van der Waals surface area (Å²) in [6, 6.07) is 15.5. The standard InChI is InChI=1S/C22H21N7O/c1-16-9-10-20(29-23-11-12-24-29)18(14-16)22(30)27-13-5-8-21(27)19-15-28(26-25-19)17-6-3-2-4-7-17/h2-4,6-7,9-12,14-15,21H,5,8,13H2,1H3. The lowest BCUT2D eigenvalue weighted by Gasteiger charge is -2.24. The van der Waals surface area contributed by atoms with Gasteiger partial charge < -0.3 is 4.90 Å². The van der Waals surface area contributed by atoms with Crippen molar-refractivity contribution < 1.29 is 4.79 Å². The number of nitrogens with zero attached hydrogens (tertiary/aromatic N) is 7. The molecule has 3 heterocycles. The Bertz CT molecular complexity index is 1170. The van der Waals surface area contributed by atoms with Crippen molar-refractivity contribution in [2.45, 2.75) is 25.8 Å². The number of aryl methyl sites for hydroxylation is 1. The molecule has 1 unspecified atom stereocenters. The number of carbonyl (C=O) groups is 1. The summed E-state index contributed by atoms with van der Waals surface area (Å²) in [6.45, 7) is 2.66. The minimum absolute atomic E-state index is 0.0391. The minimum Gasteiger partial charge on any atom is -0.330 e. The Morgan fingerprint density at radius 1 is 1.07 bits per heavy atom. The van der Waals surface area contributed by atoms with Crippen molar-refractivity contribution in [2.24, 2.45) is 0 Å². The molecule has 1 aliphatic heterocycles. The maximum absolute atomic E-state index is 13.6. The van der Waals surface area contributed by atoms with Crippen molar-refractivity contribution in [3.63, 3.8) is 0 Å². The predicted molar refractivity (Wildman–Crippen MR) is 110 cm³/mol. The lowest BCUT2D eigenvalue weighted by Crippen LogP contribution is -2.31. The Hall–Kier alpha value is -3.81. The Morgan fingerprint density at radius 3 is 2.67 bits per heavy atom. The molecule has 5 rings (SSSR count). The van der Waals surface area contributed by atoms with Gasteiger partial charge in [-0.1, -0.05) is 35.0 Å². The summed E-state index contributed by atoms with van der Waals surface area (Å²) in [4.78, 5) is 17.0. The molecule has 1 saturated heterocycles. The number of para-hydroxylation sites is 1. The molecule has 0 N–H and O–H groups in total. The molecular weight excluding hydrogens is 378 g/mol. The highest BCUT2D eigenvalue weighted by Crippen LogP contribution is 2.33. The molecule has 30 heavy (non-hydrogen) atoms. The fourth-order valence-electron chi connectivity index (χ4n) is 3.94. The highest BCUT2D eigenvalue weighted by atomic mass is 16.2. The van der Waals surface area contributed by atoms with E-state index in [0.717, 1.165) is 29.8 Å². The molecule has 0 spiro atoms. The van der Waals surface area contributed by atoms with E-state index in [0.29, 0.717) is 17.8 Å². The van der Waals surface area contributed by atoms with E-state index in [1.54, 1.807) is 17.1 Å². The molecule has 1 fully saturated rings. The van der Waals surface area contributed by atoms with Gasteiger partial charge in [-0.15, -0.1) is 5.10 Å². The summed E-state index contributed by atoms with van der Waals surface area (Å²) < 4.78 is 1.75. The topological polar surface area (TPSA) is 81.7 Å². The van der Waals surface area contributed by atoms with Gasteiger partial charge in [0.15, 0.2) is 0 Å². The number of hydrogen-bond donors (Lipinski definition) is 0. The second kappa shape index (κ2) is 7.55. The number of carbonyl (C=O) groups excluding carboxylic acids is 1. The summed E-state index contributed by atoms with van der Waals surface area (Å²) in [7, 11) is 0. The van der Waals surface area contributed by atoms with Crippen LogP contribution >= 0.6 is 0 Å². The first-order valence-corrected chi connectivity index (χ1v) is 9.97. The Kier molecular flexibility index (Phi) is 4.59. The highest BCUT2D eigenvalue weighted by molar-refractivity contribution is 5.98. The zero-order valence-corrected chi connectivity index (χ0v) is 16.6. The van der Waals surface area contributed by atoms with Crippen LogP contribution in [-0.4, -0.2) is 47.3 Å². The van der Waals surface area contributed by atoms with Gasteiger partial charge in [0.2, 0.25) is 0 Å². The van der Waals surface area contributed by atoms with Crippen LogP contribution in [0, 0.1) is 6.92 Å². The van der Waals surface area contributed by atoms with E-state index in [1.165, 1.54) is 4.80 Å². The van der Waals surface area contributed by atoms with Gasteiger partial charge in [0.05, 0.1) is 41.6 Å². The average molecular weight is 399 g/mol. The second-order valence-corrected chi connectivity index (χ2v) is 7.42. The van der Waals surface area contributed by atoms with Crippen LogP contribution in [0.25, 0.3) is 11.4 Å². The molecule has 1 aliphatic rings. The van der Waals surface area contributed by atoms with Gasteiger partial charge in [-0.3, -0.25) is 4.79 Å². The maximum atomic E-state index is 13.6. The summed E-state index contributed by atoms with van der Waals surface area (Å²) >= 11 is 0. The summed E-state index contributed by atoms with van der Waals surface area (Å²) in [5.74, 6) is -0.0391. The summed E-state index contributed by atoms with van der Waals surface area (Å²) in [5.41, 5.74) is 4.02. The molecule has 0 aliphatic carbocycles. The van der Waals surface area contributed by atoms with E-state index in [1.807, 2.05) is 66.6 Å². The third-order valence-corrected chi connectivity index (χ3v) is 5.40. The molecule has 4 aromatic rings. The first-order valence-electron chi connectivity index (χ1n) is 9.97. The Balaban J connectivity index is 1.47. The van der Waals surface area contributed by atoms with Crippen LogP contribution in [0.3, 0.4) is 0 Å². The normalized spacial score (nSPS) is 16.2. The number of amides is 1. The molecular formula is C22H21N7O. The lowest BCUT2D eigenvalue weighted by molar-refractivity contribution is 0.0732. The van der Waals surface area contributed by atoms with Crippen molar-refractivity contribution in [3.8, 4) is 11.4 Å². The molecule has 2 aromatic carbocycles. The van der Waals surface area contributed by atoms with Crippen LogP contribution in [0.2, 0.25) is 0 Å². The van der Waals surface area contributed by atoms with Gasteiger partial charge in [0, 0.05) is 6.54 Å². The zero-order valence-electron chi connectivity index (χ0n) is 16.6. The fraction of sp³-hybridized carbons (Fsp3) is 0.227. The summed E-state index contributed by atoms with van der Waals surface area (Å²) in [6.07, 6.45) is 6.91. The quantitative estimate of drug-likeness (QED) is 0.527. The molecule has 2 aromatic heterocycles. The van der Waals surface area contributed by atoms with Crippen LogP contribution in [0.5, 0.6) is 0 Å². The van der Waals surface area contributed by atoms with Gasteiger partial charge in [-0.2, -0.15) is 15.0 Å². The molecule has 8 nitrogen and oxygen atoms in total. The van der Waals surface area contributed by atoms with E-state index < -0.39 is 0 Å². The van der Waals surface area contributed by atoms with E-state index in [4.69, 9.17) is 0 Å². The van der Waals surface area contributed by atoms with Gasteiger partial charge >= 0.3 is 0 Å². The van der Waals surface area contributed by atoms with E-state index in [9.17, 15) is 4.79 Å². The smallest absolute Gasteiger partial charge is 0.256 e. The number of hydrogen-bond acceptors (Lipinski definition) is 5. The van der Waals surface area contributed by atoms with E-state index in [-0.39, 0.29) is 11.9 Å². The lowest BCUT2D eigenvalue weighted by atomic mass is 10.1. The molecule has 1 atom stereocenters. The van der Waals surface area contributed by atoms with Crippen molar-refractivity contribution >= 4 is 5.91 Å². The van der Waals surface area contributed by atoms with Crippen LogP contribution in [0.4, 0.5) is 0 Å². The monoisotopic (exact) mass is 399 g/mol. The minimum atomic E-state index is -0.103. The first-order chi connectivity index (χ1) is 14.7. The zero-order chi connectivity index (χ0) is 20.5. The molecule has 0 bridgehead atoms. The van der Waals surface area contributed by atoms with Crippen molar-refractivity contribution in [1.29, 1.82) is 0 Å². The Morgan fingerprint density at radius 2 is 1.87 bits per heavy atom. The van der Waals surface area contributed by atoms with Crippen LogP contribution in [0.15, 0.2) is 67.1 Å². The van der Waals surface area contributed by atoms with Crippen LogP contribution in [-0.2, 0) is 0 Å². The molecule has 150 valence electrons. The average Bonchev–Trinajstić information content (AvgIpc) is 3.55. The van der Waals surface area contributed by atoms with Crippen molar-refractivity contribution in [2.75, 3.05) is 6.54 Å². The number of aromatic nitrogens is 6. The SMILES string of the molecule is Cc1ccc(-n2nccn2)c(C(=O)N2CCCC2c2cn(-c3ccccc3)nn2)c1. The van der Waals surface area contributed by atoms with Crippen LogP contribution < -0.4 is 0 Å². The second-order valence-electron chi connectivity index (χ2n) is 7.42. The number of benzene rings is 2. The summed E-state index contributed by atoms with van der Waals surface area (Å²) in [5, 5.41) is 17.1. The van der Waals surface area contributed by atoms with E-state index >= 15 is 0 Å². The molecule has 1 amide bonds. The third-order valence-electron chi connectivity index (χ3n) is 5.40. The van der Waals surface area contributed by atoms with Crippen molar-refractivity contribution in [1.82, 2.24) is 34.9 Å².